The van der Waals surface area contributed by atoms with Crippen LogP contribution in [-0.2, 0) is 4.79 Å². The molecule has 4 nitrogen and oxygen atoms in total. The number of benzene rings is 1. The Morgan fingerprint density at radius 2 is 2.38 bits per heavy atom. The summed E-state index contributed by atoms with van der Waals surface area (Å²) in [5.74, 6) is 0.947. The number of nitrogens with one attached hydrogen (secondary N) is 2. The lowest BCUT2D eigenvalue weighted by Crippen LogP contribution is -2.51. The first kappa shape index (κ1) is 16.3. The molecule has 2 atom stereocenters. The standard InChI is InChI=1S/C16H23BrN2O2/c1-12-15(7-3-9-18-12)19-16(20)8-4-10-21-14-6-2-5-13(17)11-14/h2,5-6,11-12,15,18H,3-4,7-10H2,1H3,(H,19,20). The van der Waals surface area contributed by atoms with E-state index in [4.69, 9.17) is 4.74 Å². The Morgan fingerprint density at radius 3 is 3.14 bits per heavy atom. The van der Waals surface area contributed by atoms with E-state index in [0.29, 0.717) is 19.1 Å². The molecule has 1 aliphatic heterocycles. The normalized spacial score (nSPS) is 21.8. The molecule has 2 unspecified atom stereocenters. The molecule has 1 amide bonds. The van der Waals surface area contributed by atoms with Crippen LogP contribution in [0.5, 0.6) is 5.75 Å². The van der Waals surface area contributed by atoms with E-state index in [9.17, 15) is 4.79 Å². The number of rotatable bonds is 6. The zero-order valence-corrected chi connectivity index (χ0v) is 14.0. The molecule has 2 N–H and O–H groups in total. The highest BCUT2D eigenvalue weighted by Gasteiger charge is 2.21. The van der Waals surface area contributed by atoms with Gasteiger partial charge in [0.25, 0.3) is 0 Å². The van der Waals surface area contributed by atoms with Gasteiger partial charge in [0.1, 0.15) is 5.75 Å². The Labute approximate surface area is 134 Å². The van der Waals surface area contributed by atoms with Crippen molar-refractivity contribution in [3.63, 3.8) is 0 Å². The van der Waals surface area contributed by atoms with Gasteiger partial charge in [0.05, 0.1) is 6.61 Å². The van der Waals surface area contributed by atoms with Crippen molar-refractivity contribution in [1.29, 1.82) is 0 Å². The van der Waals surface area contributed by atoms with Crippen molar-refractivity contribution >= 4 is 21.8 Å². The van der Waals surface area contributed by atoms with Crippen LogP contribution in [-0.4, -0.2) is 31.1 Å². The number of ether oxygens (including phenoxy) is 1. The van der Waals surface area contributed by atoms with Crippen LogP contribution in [0.2, 0.25) is 0 Å². The fourth-order valence-electron chi connectivity index (χ4n) is 2.50. The van der Waals surface area contributed by atoms with Crippen molar-refractivity contribution in [2.45, 2.75) is 44.7 Å². The molecule has 1 saturated heterocycles. The van der Waals surface area contributed by atoms with Gasteiger partial charge in [-0.25, -0.2) is 0 Å². The van der Waals surface area contributed by atoms with Gasteiger partial charge in [-0.3, -0.25) is 4.79 Å². The van der Waals surface area contributed by atoms with Gasteiger partial charge in [0.2, 0.25) is 5.91 Å². The van der Waals surface area contributed by atoms with Crippen LogP contribution in [0.25, 0.3) is 0 Å². The zero-order valence-electron chi connectivity index (χ0n) is 12.4. The minimum absolute atomic E-state index is 0.119. The number of amides is 1. The minimum atomic E-state index is 0.119. The summed E-state index contributed by atoms with van der Waals surface area (Å²) in [4.78, 5) is 11.9. The molecule has 0 saturated carbocycles. The first-order valence-corrected chi connectivity index (χ1v) is 8.35. The second-order valence-corrected chi connectivity index (χ2v) is 6.38. The maximum absolute atomic E-state index is 11.9. The average molecular weight is 355 g/mol. The van der Waals surface area contributed by atoms with E-state index in [0.717, 1.165) is 36.0 Å². The Morgan fingerprint density at radius 1 is 1.52 bits per heavy atom. The smallest absolute Gasteiger partial charge is 0.220 e. The molecule has 21 heavy (non-hydrogen) atoms. The highest BCUT2D eigenvalue weighted by atomic mass is 79.9. The summed E-state index contributed by atoms with van der Waals surface area (Å²) in [6.45, 7) is 3.73. The second-order valence-electron chi connectivity index (χ2n) is 5.47. The fourth-order valence-corrected chi connectivity index (χ4v) is 2.88. The summed E-state index contributed by atoms with van der Waals surface area (Å²) in [7, 11) is 0. The van der Waals surface area contributed by atoms with Gasteiger partial charge >= 0.3 is 0 Å². The molecule has 116 valence electrons. The molecule has 5 heteroatoms. The third kappa shape index (κ3) is 5.67. The van der Waals surface area contributed by atoms with Crippen LogP contribution >= 0.6 is 15.9 Å². The third-order valence-corrected chi connectivity index (χ3v) is 4.21. The van der Waals surface area contributed by atoms with Crippen molar-refractivity contribution < 1.29 is 9.53 Å². The van der Waals surface area contributed by atoms with Gasteiger partial charge in [-0.2, -0.15) is 0 Å². The van der Waals surface area contributed by atoms with E-state index in [1.54, 1.807) is 0 Å². The molecule has 0 bridgehead atoms. The maximum atomic E-state index is 11.9. The van der Waals surface area contributed by atoms with Gasteiger partial charge in [0.15, 0.2) is 0 Å². The predicted molar refractivity (Wildman–Crippen MR) is 87.5 cm³/mol. The van der Waals surface area contributed by atoms with E-state index >= 15 is 0 Å². The van der Waals surface area contributed by atoms with Gasteiger partial charge in [-0.15, -0.1) is 0 Å². The SMILES string of the molecule is CC1NCCCC1NC(=O)CCCOc1cccc(Br)c1. The molecule has 1 aromatic rings. The van der Waals surface area contributed by atoms with E-state index < -0.39 is 0 Å². The Kier molecular flexibility index (Phi) is 6.51. The van der Waals surface area contributed by atoms with Crippen molar-refractivity contribution in [2.75, 3.05) is 13.2 Å². The van der Waals surface area contributed by atoms with Crippen LogP contribution in [0.1, 0.15) is 32.6 Å². The van der Waals surface area contributed by atoms with Crippen LogP contribution in [0.15, 0.2) is 28.7 Å². The number of hydrogen-bond donors (Lipinski definition) is 2. The number of carbonyl (C=O) groups excluding carboxylic acids is 1. The summed E-state index contributed by atoms with van der Waals surface area (Å²) in [5.41, 5.74) is 0. The summed E-state index contributed by atoms with van der Waals surface area (Å²) in [6.07, 6.45) is 3.43. The van der Waals surface area contributed by atoms with Crippen molar-refractivity contribution in [3.8, 4) is 5.75 Å². The van der Waals surface area contributed by atoms with Gasteiger partial charge in [0, 0.05) is 23.0 Å². The van der Waals surface area contributed by atoms with Gasteiger partial charge < -0.3 is 15.4 Å². The van der Waals surface area contributed by atoms with Gasteiger partial charge in [-0.1, -0.05) is 22.0 Å². The van der Waals surface area contributed by atoms with E-state index in [-0.39, 0.29) is 11.9 Å². The first-order chi connectivity index (χ1) is 10.1. The number of hydrogen-bond acceptors (Lipinski definition) is 3. The molecule has 0 aliphatic carbocycles. The molecule has 1 aliphatic rings. The lowest BCUT2D eigenvalue weighted by atomic mass is 10.00. The molecule has 1 aromatic carbocycles. The highest BCUT2D eigenvalue weighted by molar-refractivity contribution is 9.10. The monoisotopic (exact) mass is 354 g/mol. The quantitative estimate of drug-likeness (QED) is 0.772. The second kappa shape index (κ2) is 8.39. The Hall–Kier alpha value is -1.07. The first-order valence-electron chi connectivity index (χ1n) is 7.56. The molecular formula is C16H23BrN2O2. The molecule has 1 fully saturated rings. The van der Waals surface area contributed by atoms with Gasteiger partial charge in [-0.05, 0) is 50.9 Å². The van der Waals surface area contributed by atoms with Crippen molar-refractivity contribution in [2.24, 2.45) is 0 Å². The molecule has 0 spiro atoms. The largest absolute Gasteiger partial charge is 0.494 e. The Balaban J connectivity index is 1.63. The lowest BCUT2D eigenvalue weighted by molar-refractivity contribution is -0.122. The Bertz CT molecular complexity index is 467. The molecule has 1 heterocycles. The highest BCUT2D eigenvalue weighted by Crippen LogP contribution is 2.17. The van der Waals surface area contributed by atoms with E-state index in [1.807, 2.05) is 24.3 Å². The summed E-state index contributed by atoms with van der Waals surface area (Å²) in [5, 5.41) is 6.50. The van der Waals surface area contributed by atoms with E-state index in [2.05, 4.69) is 33.5 Å². The van der Waals surface area contributed by atoms with Crippen molar-refractivity contribution in [3.05, 3.63) is 28.7 Å². The maximum Gasteiger partial charge on any atom is 0.220 e. The third-order valence-electron chi connectivity index (χ3n) is 3.72. The van der Waals surface area contributed by atoms with Crippen LogP contribution in [0, 0.1) is 0 Å². The number of carbonyl (C=O) groups is 1. The summed E-state index contributed by atoms with van der Waals surface area (Å²) >= 11 is 3.41. The summed E-state index contributed by atoms with van der Waals surface area (Å²) < 4.78 is 6.62. The lowest BCUT2D eigenvalue weighted by Gasteiger charge is -2.30. The van der Waals surface area contributed by atoms with Crippen LogP contribution in [0.3, 0.4) is 0 Å². The summed E-state index contributed by atoms with van der Waals surface area (Å²) in [6, 6.07) is 8.36. The fraction of sp³-hybridized carbons (Fsp3) is 0.562. The van der Waals surface area contributed by atoms with Crippen LogP contribution in [0.4, 0.5) is 0 Å². The van der Waals surface area contributed by atoms with Crippen molar-refractivity contribution in [1.82, 2.24) is 10.6 Å². The molecular weight excluding hydrogens is 332 g/mol. The predicted octanol–water partition coefficient (Wildman–Crippen LogP) is 2.86. The number of halogens is 1. The molecule has 0 radical (unpaired) electrons. The van der Waals surface area contributed by atoms with Crippen LogP contribution < -0.4 is 15.4 Å². The minimum Gasteiger partial charge on any atom is -0.494 e. The topological polar surface area (TPSA) is 50.4 Å². The zero-order chi connectivity index (χ0) is 15.1. The number of piperidine rings is 1. The molecule has 0 aromatic heterocycles. The molecule has 2 rings (SSSR count). The average Bonchev–Trinajstić information content (AvgIpc) is 2.46. The van der Waals surface area contributed by atoms with E-state index in [1.165, 1.54) is 0 Å².